The molecule has 94 valence electrons. The molecule has 18 heavy (non-hydrogen) atoms. The molecule has 0 aliphatic rings. The second-order valence-electron chi connectivity index (χ2n) is 4.00. The van der Waals surface area contributed by atoms with E-state index in [0.29, 0.717) is 10.9 Å². The summed E-state index contributed by atoms with van der Waals surface area (Å²) >= 11 is 6.76. The molecule has 1 unspecified atom stereocenters. The van der Waals surface area contributed by atoms with Crippen molar-refractivity contribution in [3.8, 4) is 0 Å². The van der Waals surface area contributed by atoms with Crippen molar-refractivity contribution in [3.63, 3.8) is 0 Å². The molecule has 1 atom stereocenters. The quantitative estimate of drug-likeness (QED) is 0.629. The third kappa shape index (κ3) is 3.62. The standard InChI is InChI=1S/C14H10Br2F2/c15-11-6-10(7-13(18)8-11)14(16)5-9-2-1-3-12(17)4-9/h1-4,6-8,14H,5H2. The third-order valence-corrected chi connectivity index (χ3v) is 3.86. The molecule has 2 rings (SSSR count). The molecule has 0 fully saturated rings. The van der Waals surface area contributed by atoms with Crippen LogP contribution in [0.3, 0.4) is 0 Å². The monoisotopic (exact) mass is 374 g/mol. The molecule has 0 aromatic heterocycles. The van der Waals surface area contributed by atoms with Crippen LogP contribution in [0.1, 0.15) is 16.0 Å². The summed E-state index contributed by atoms with van der Waals surface area (Å²) in [4.78, 5) is -0.0497. The summed E-state index contributed by atoms with van der Waals surface area (Å²) in [6, 6.07) is 11.2. The van der Waals surface area contributed by atoms with Gasteiger partial charge in [-0.25, -0.2) is 8.78 Å². The largest absolute Gasteiger partial charge is 0.207 e. The van der Waals surface area contributed by atoms with Gasteiger partial charge in [0, 0.05) is 9.30 Å². The Hall–Kier alpha value is -0.740. The second kappa shape index (κ2) is 5.93. The van der Waals surface area contributed by atoms with E-state index in [2.05, 4.69) is 31.9 Å². The minimum Gasteiger partial charge on any atom is -0.207 e. The van der Waals surface area contributed by atoms with Gasteiger partial charge in [0.15, 0.2) is 0 Å². The number of hydrogen-bond acceptors (Lipinski definition) is 0. The molecule has 2 aromatic rings. The van der Waals surface area contributed by atoms with E-state index in [0.717, 1.165) is 11.1 Å². The first-order chi connectivity index (χ1) is 8.54. The van der Waals surface area contributed by atoms with E-state index in [9.17, 15) is 8.78 Å². The molecule has 0 aliphatic heterocycles. The highest BCUT2D eigenvalue weighted by Gasteiger charge is 2.11. The fraction of sp³-hybridized carbons (Fsp3) is 0.143. The predicted octanol–water partition coefficient (Wildman–Crippen LogP) is 5.41. The van der Waals surface area contributed by atoms with E-state index >= 15 is 0 Å². The van der Waals surface area contributed by atoms with Gasteiger partial charge in [0.2, 0.25) is 0 Å². The van der Waals surface area contributed by atoms with Gasteiger partial charge in [0.25, 0.3) is 0 Å². The number of benzene rings is 2. The Bertz CT molecular complexity index is 535. The lowest BCUT2D eigenvalue weighted by Gasteiger charge is -2.11. The van der Waals surface area contributed by atoms with Crippen molar-refractivity contribution in [2.24, 2.45) is 0 Å². The lowest BCUT2D eigenvalue weighted by Crippen LogP contribution is -1.97. The van der Waals surface area contributed by atoms with E-state index in [1.807, 2.05) is 12.1 Å². The zero-order valence-corrected chi connectivity index (χ0v) is 12.5. The van der Waals surface area contributed by atoms with Crippen LogP contribution >= 0.6 is 31.9 Å². The molecule has 4 heteroatoms. The summed E-state index contributed by atoms with van der Waals surface area (Å²) < 4.78 is 27.0. The van der Waals surface area contributed by atoms with Crippen LogP contribution in [0.2, 0.25) is 0 Å². The Labute approximate surface area is 121 Å². The van der Waals surface area contributed by atoms with Gasteiger partial charge >= 0.3 is 0 Å². The van der Waals surface area contributed by atoms with Crippen molar-refractivity contribution in [2.75, 3.05) is 0 Å². The topological polar surface area (TPSA) is 0 Å². The van der Waals surface area contributed by atoms with Gasteiger partial charge in [0.1, 0.15) is 11.6 Å². The van der Waals surface area contributed by atoms with Crippen LogP contribution in [0.5, 0.6) is 0 Å². The normalized spacial score (nSPS) is 12.4. The van der Waals surface area contributed by atoms with Crippen molar-refractivity contribution in [1.82, 2.24) is 0 Å². The molecule has 0 spiro atoms. The number of alkyl halides is 1. The Morgan fingerprint density at radius 2 is 1.78 bits per heavy atom. The minimum atomic E-state index is -0.289. The molecule has 0 heterocycles. The Balaban J connectivity index is 2.19. The molecule has 0 nitrogen and oxygen atoms in total. The van der Waals surface area contributed by atoms with Crippen LogP contribution < -0.4 is 0 Å². The average molecular weight is 376 g/mol. The van der Waals surface area contributed by atoms with Gasteiger partial charge in [0.05, 0.1) is 0 Å². The molecule has 0 bridgehead atoms. The van der Waals surface area contributed by atoms with E-state index in [4.69, 9.17) is 0 Å². The summed E-state index contributed by atoms with van der Waals surface area (Å²) in [6.07, 6.45) is 0.605. The van der Waals surface area contributed by atoms with Gasteiger partial charge in [-0.2, -0.15) is 0 Å². The van der Waals surface area contributed by atoms with Gasteiger partial charge in [-0.15, -0.1) is 0 Å². The molecular formula is C14H10Br2F2. The fourth-order valence-corrected chi connectivity index (χ4v) is 2.87. The zero-order chi connectivity index (χ0) is 13.1. The lowest BCUT2D eigenvalue weighted by molar-refractivity contribution is 0.622. The smallest absolute Gasteiger partial charge is 0.124 e. The van der Waals surface area contributed by atoms with Gasteiger partial charge < -0.3 is 0 Å². The molecule has 0 N–H and O–H groups in total. The highest BCUT2D eigenvalue weighted by molar-refractivity contribution is 9.10. The molecule has 0 saturated heterocycles. The van der Waals surface area contributed by atoms with Gasteiger partial charge in [-0.3, -0.25) is 0 Å². The summed E-state index contributed by atoms with van der Waals surface area (Å²) in [5.74, 6) is -0.546. The number of halogens is 4. The van der Waals surface area contributed by atoms with Crippen molar-refractivity contribution >= 4 is 31.9 Å². The fourth-order valence-electron chi connectivity index (χ4n) is 1.74. The molecule has 0 radical (unpaired) electrons. The molecule has 2 aromatic carbocycles. The number of rotatable bonds is 3. The molecule has 0 aliphatic carbocycles. The van der Waals surface area contributed by atoms with Crippen LogP contribution in [0, 0.1) is 11.6 Å². The first-order valence-electron chi connectivity index (χ1n) is 5.39. The van der Waals surface area contributed by atoms with Crippen molar-refractivity contribution in [1.29, 1.82) is 0 Å². The summed E-state index contributed by atoms with van der Waals surface area (Å²) in [7, 11) is 0. The summed E-state index contributed by atoms with van der Waals surface area (Å²) in [5.41, 5.74) is 1.70. The van der Waals surface area contributed by atoms with Crippen LogP contribution in [0.4, 0.5) is 8.78 Å². The van der Waals surface area contributed by atoms with Crippen LogP contribution in [0.25, 0.3) is 0 Å². The van der Waals surface area contributed by atoms with E-state index in [1.54, 1.807) is 6.07 Å². The van der Waals surface area contributed by atoms with Gasteiger partial charge in [-0.05, 0) is 47.9 Å². The van der Waals surface area contributed by atoms with Crippen molar-refractivity contribution in [3.05, 3.63) is 69.7 Å². The number of hydrogen-bond donors (Lipinski definition) is 0. The van der Waals surface area contributed by atoms with Gasteiger partial charge in [-0.1, -0.05) is 44.0 Å². The van der Waals surface area contributed by atoms with Crippen LogP contribution in [-0.2, 0) is 6.42 Å². The van der Waals surface area contributed by atoms with E-state index < -0.39 is 0 Å². The first kappa shape index (κ1) is 13.7. The van der Waals surface area contributed by atoms with E-state index in [1.165, 1.54) is 24.3 Å². The summed E-state index contributed by atoms with van der Waals surface area (Å²) in [5, 5.41) is 0. The molecule has 0 amide bonds. The maximum absolute atomic E-state index is 13.3. The lowest BCUT2D eigenvalue weighted by atomic mass is 10.0. The third-order valence-electron chi connectivity index (χ3n) is 2.55. The Morgan fingerprint density at radius 3 is 2.44 bits per heavy atom. The highest BCUT2D eigenvalue weighted by Crippen LogP contribution is 2.29. The average Bonchev–Trinajstić information content (AvgIpc) is 2.27. The van der Waals surface area contributed by atoms with Crippen LogP contribution in [0.15, 0.2) is 46.9 Å². The maximum atomic E-state index is 13.3. The SMILES string of the molecule is Fc1cccc(CC(Br)c2cc(F)cc(Br)c2)c1. The first-order valence-corrected chi connectivity index (χ1v) is 7.10. The highest BCUT2D eigenvalue weighted by atomic mass is 79.9. The van der Waals surface area contributed by atoms with Crippen LogP contribution in [-0.4, -0.2) is 0 Å². The molecule has 0 saturated carbocycles. The summed E-state index contributed by atoms with van der Waals surface area (Å²) in [6.45, 7) is 0. The van der Waals surface area contributed by atoms with E-state index in [-0.39, 0.29) is 16.5 Å². The minimum absolute atomic E-state index is 0.0497. The Kier molecular flexibility index (Phi) is 4.51. The van der Waals surface area contributed by atoms with Crippen molar-refractivity contribution < 1.29 is 8.78 Å². The second-order valence-corrected chi connectivity index (χ2v) is 6.03. The molecular weight excluding hydrogens is 366 g/mol. The Morgan fingerprint density at radius 1 is 1.00 bits per heavy atom. The zero-order valence-electron chi connectivity index (χ0n) is 9.34. The predicted molar refractivity (Wildman–Crippen MR) is 75.9 cm³/mol. The maximum Gasteiger partial charge on any atom is 0.124 e. The van der Waals surface area contributed by atoms with Crippen molar-refractivity contribution in [2.45, 2.75) is 11.2 Å².